The molecular weight excluding hydrogens is 284 g/mol. The molecule has 0 aromatic heterocycles. The van der Waals surface area contributed by atoms with E-state index in [1.807, 2.05) is 31.2 Å². The zero-order valence-corrected chi connectivity index (χ0v) is 11.0. The topological polar surface area (TPSA) is 46.5 Å². The van der Waals surface area contributed by atoms with Crippen LogP contribution in [0.3, 0.4) is 0 Å². The Morgan fingerprint density at radius 2 is 2.29 bits per heavy atom. The van der Waals surface area contributed by atoms with Crippen LogP contribution in [0.5, 0.6) is 5.75 Å². The number of carboxylic acids is 1. The molecule has 0 aliphatic heterocycles. The number of para-hydroxylation sites is 1. The Balaban J connectivity index is 2.95. The second kappa shape index (κ2) is 6.91. The second-order valence-corrected chi connectivity index (χ2v) is 4.06. The first-order valence-electron chi connectivity index (χ1n) is 5.08. The molecule has 1 N–H and O–H groups in total. The predicted molar refractivity (Wildman–Crippen MR) is 71.1 cm³/mol. The lowest BCUT2D eigenvalue weighted by molar-refractivity contribution is -0.131. The first-order valence-corrected chi connectivity index (χ1v) is 5.88. The summed E-state index contributed by atoms with van der Waals surface area (Å²) >= 11 is 3.38. The van der Waals surface area contributed by atoms with Crippen LogP contribution in [0.25, 0.3) is 6.08 Å². The molecule has 0 aliphatic rings. The average molecular weight is 297 g/mol. The van der Waals surface area contributed by atoms with E-state index in [-0.39, 0.29) is 0 Å². The van der Waals surface area contributed by atoms with Crippen molar-refractivity contribution in [2.24, 2.45) is 0 Å². The molecule has 3 nitrogen and oxygen atoms in total. The molecule has 0 saturated heterocycles. The number of ether oxygens (including phenoxy) is 1. The van der Waals surface area contributed by atoms with Crippen LogP contribution in [0.1, 0.15) is 12.5 Å². The lowest BCUT2D eigenvalue weighted by Gasteiger charge is -2.09. The Morgan fingerprint density at radius 3 is 2.94 bits per heavy atom. The van der Waals surface area contributed by atoms with E-state index in [4.69, 9.17) is 9.84 Å². The van der Waals surface area contributed by atoms with E-state index in [1.54, 1.807) is 6.07 Å². The van der Waals surface area contributed by atoms with Crippen LogP contribution in [-0.4, -0.2) is 17.7 Å². The summed E-state index contributed by atoms with van der Waals surface area (Å²) in [6, 6.07) is 5.48. The van der Waals surface area contributed by atoms with Crippen molar-refractivity contribution in [1.82, 2.24) is 0 Å². The number of rotatable bonds is 5. The van der Waals surface area contributed by atoms with Crippen molar-refractivity contribution in [1.29, 1.82) is 0 Å². The minimum Gasteiger partial charge on any atom is -0.488 e. The van der Waals surface area contributed by atoms with Crippen molar-refractivity contribution in [3.8, 4) is 5.75 Å². The highest BCUT2D eigenvalue weighted by Crippen LogP contribution is 2.30. The molecule has 1 rings (SSSR count). The van der Waals surface area contributed by atoms with Gasteiger partial charge in [-0.2, -0.15) is 0 Å². The molecule has 0 saturated carbocycles. The molecule has 17 heavy (non-hydrogen) atoms. The highest BCUT2D eigenvalue weighted by Gasteiger charge is 2.05. The van der Waals surface area contributed by atoms with Crippen LogP contribution in [0.2, 0.25) is 0 Å². The van der Waals surface area contributed by atoms with Gasteiger partial charge in [0.05, 0.1) is 4.47 Å². The number of hydrogen-bond donors (Lipinski definition) is 1. The summed E-state index contributed by atoms with van der Waals surface area (Å²) in [6.45, 7) is 2.36. The number of benzene rings is 1. The summed E-state index contributed by atoms with van der Waals surface area (Å²) in [6.07, 6.45) is 6.37. The lowest BCUT2D eigenvalue weighted by atomic mass is 10.2. The van der Waals surface area contributed by atoms with Gasteiger partial charge in [-0.25, -0.2) is 4.79 Å². The number of aliphatic carboxylic acids is 1. The van der Waals surface area contributed by atoms with Gasteiger partial charge >= 0.3 is 5.97 Å². The highest BCUT2D eigenvalue weighted by molar-refractivity contribution is 9.10. The van der Waals surface area contributed by atoms with Crippen molar-refractivity contribution < 1.29 is 14.6 Å². The van der Waals surface area contributed by atoms with Gasteiger partial charge in [-0.3, -0.25) is 0 Å². The van der Waals surface area contributed by atoms with Gasteiger partial charge in [-0.1, -0.05) is 24.3 Å². The Bertz CT molecular complexity index is 450. The molecule has 0 bridgehead atoms. The maximum atomic E-state index is 10.5. The molecule has 4 heteroatoms. The summed E-state index contributed by atoms with van der Waals surface area (Å²) in [5, 5.41) is 8.60. The van der Waals surface area contributed by atoms with Crippen molar-refractivity contribution in [2.45, 2.75) is 6.92 Å². The van der Waals surface area contributed by atoms with Crippen LogP contribution < -0.4 is 4.74 Å². The summed E-state index contributed by atoms with van der Waals surface area (Å²) < 4.78 is 6.36. The van der Waals surface area contributed by atoms with Crippen LogP contribution in [0.4, 0.5) is 0 Å². The fourth-order valence-electron chi connectivity index (χ4n) is 1.20. The van der Waals surface area contributed by atoms with Gasteiger partial charge in [0.15, 0.2) is 0 Å². The molecule has 0 unspecified atom stereocenters. The molecule has 0 radical (unpaired) electrons. The Morgan fingerprint density at radius 1 is 1.53 bits per heavy atom. The predicted octanol–water partition coefficient (Wildman–Crippen LogP) is 3.50. The molecule has 0 spiro atoms. The van der Waals surface area contributed by atoms with E-state index in [9.17, 15) is 4.79 Å². The first kappa shape index (κ1) is 13.5. The summed E-state index contributed by atoms with van der Waals surface area (Å²) in [5.74, 6) is -0.340. The number of carboxylic acid groups (broad SMARTS) is 1. The van der Waals surface area contributed by atoms with Crippen molar-refractivity contribution in [3.05, 3.63) is 46.5 Å². The Kier molecular flexibility index (Phi) is 5.49. The summed E-state index contributed by atoms with van der Waals surface area (Å²) in [5.41, 5.74) is 0.728. The number of halogens is 1. The maximum absolute atomic E-state index is 10.5. The van der Waals surface area contributed by atoms with Crippen LogP contribution in [-0.2, 0) is 4.79 Å². The minimum atomic E-state index is -0.982. The smallest absolute Gasteiger partial charge is 0.328 e. The van der Waals surface area contributed by atoms with E-state index in [2.05, 4.69) is 15.9 Å². The lowest BCUT2D eigenvalue weighted by Crippen LogP contribution is -1.96. The van der Waals surface area contributed by atoms with Crippen molar-refractivity contribution in [3.63, 3.8) is 0 Å². The van der Waals surface area contributed by atoms with Gasteiger partial charge in [-0.15, -0.1) is 0 Å². The Hall–Kier alpha value is -1.55. The quantitative estimate of drug-likeness (QED) is 0.668. The van der Waals surface area contributed by atoms with Gasteiger partial charge < -0.3 is 9.84 Å². The fraction of sp³-hybridized carbons (Fsp3) is 0.154. The number of allylic oxidation sites excluding steroid dienone is 1. The van der Waals surface area contributed by atoms with Gasteiger partial charge in [0.1, 0.15) is 12.4 Å². The average Bonchev–Trinajstić information content (AvgIpc) is 2.29. The molecular formula is C13H13BrO3. The standard InChI is InChI=1S/C13H13BrO3/c1-2-3-9-17-13-10(7-8-12(15)16)5-4-6-11(13)14/h2-8H,9H2,1H3,(H,15,16). The monoisotopic (exact) mass is 296 g/mol. The Labute approximate surface area is 109 Å². The number of carbonyl (C=O) groups is 1. The molecule has 1 aromatic rings. The van der Waals surface area contributed by atoms with E-state index < -0.39 is 5.97 Å². The third-order valence-electron chi connectivity index (χ3n) is 1.96. The van der Waals surface area contributed by atoms with Crippen LogP contribution >= 0.6 is 15.9 Å². The molecule has 90 valence electrons. The van der Waals surface area contributed by atoms with E-state index in [1.165, 1.54) is 6.08 Å². The molecule has 0 fully saturated rings. The summed E-state index contributed by atoms with van der Waals surface area (Å²) in [4.78, 5) is 10.5. The molecule has 0 aliphatic carbocycles. The SMILES string of the molecule is CC=CCOc1c(Br)cccc1C=CC(=O)O. The molecule has 0 heterocycles. The van der Waals surface area contributed by atoms with Gasteiger partial charge in [-0.05, 0) is 35.0 Å². The van der Waals surface area contributed by atoms with E-state index >= 15 is 0 Å². The first-order chi connectivity index (χ1) is 8.15. The van der Waals surface area contributed by atoms with E-state index in [0.29, 0.717) is 12.4 Å². The van der Waals surface area contributed by atoms with Crippen molar-refractivity contribution >= 4 is 28.0 Å². The molecule has 1 aromatic carbocycles. The third kappa shape index (κ3) is 4.44. The minimum absolute atomic E-state index is 0.451. The van der Waals surface area contributed by atoms with Crippen molar-refractivity contribution in [2.75, 3.05) is 6.61 Å². The van der Waals surface area contributed by atoms with Crippen LogP contribution in [0.15, 0.2) is 40.9 Å². The van der Waals surface area contributed by atoms with Crippen LogP contribution in [0, 0.1) is 0 Å². The van der Waals surface area contributed by atoms with Gasteiger partial charge in [0.2, 0.25) is 0 Å². The maximum Gasteiger partial charge on any atom is 0.328 e. The largest absolute Gasteiger partial charge is 0.488 e. The summed E-state index contributed by atoms with van der Waals surface area (Å²) in [7, 11) is 0. The fourth-order valence-corrected chi connectivity index (χ4v) is 1.69. The number of hydrogen-bond acceptors (Lipinski definition) is 2. The molecule has 0 amide bonds. The highest BCUT2D eigenvalue weighted by atomic mass is 79.9. The van der Waals surface area contributed by atoms with E-state index in [0.717, 1.165) is 16.1 Å². The van der Waals surface area contributed by atoms with Gasteiger partial charge in [0, 0.05) is 11.6 Å². The zero-order chi connectivity index (χ0) is 12.7. The molecule has 0 atom stereocenters. The zero-order valence-electron chi connectivity index (χ0n) is 9.39. The third-order valence-corrected chi connectivity index (χ3v) is 2.59. The van der Waals surface area contributed by atoms with Gasteiger partial charge in [0.25, 0.3) is 0 Å². The second-order valence-electron chi connectivity index (χ2n) is 3.21. The normalized spacial score (nSPS) is 11.2.